The average molecular weight is 316 g/mol. The number of ether oxygens (including phenoxy) is 1. The number of carbonyl (C=O) groups is 1. The van der Waals surface area contributed by atoms with Crippen LogP contribution in [0.3, 0.4) is 0 Å². The molecule has 3 aromatic rings. The van der Waals surface area contributed by atoms with Crippen molar-refractivity contribution in [3.8, 4) is 17.2 Å². The fourth-order valence-electron chi connectivity index (χ4n) is 2.22. The summed E-state index contributed by atoms with van der Waals surface area (Å²) in [5, 5.41) is 9.68. The number of phenolic OH excluding ortho intramolecular Hbond substituents is 1. The van der Waals surface area contributed by atoms with E-state index in [0.717, 1.165) is 17.1 Å². The van der Waals surface area contributed by atoms with Crippen LogP contribution in [-0.2, 0) is 0 Å². The maximum Gasteiger partial charge on any atom is 0.189 e. The number of benzene rings is 3. The second kappa shape index (κ2) is 7.29. The van der Waals surface area contributed by atoms with Crippen LogP contribution in [-0.4, -0.2) is 10.9 Å². The molecular weight excluding hydrogens is 300 g/mol. The molecule has 0 radical (unpaired) electrons. The van der Waals surface area contributed by atoms with Gasteiger partial charge in [0.05, 0.1) is 5.56 Å². The molecule has 118 valence electrons. The minimum absolute atomic E-state index is 0.0150. The molecule has 0 unspecified atom stereocenters. The van der Waals surface area contributed by atoms with Crippen LogP contribution >= 0.6 is 0 Å². The summed E-state index contributed by atoms with van der Waals surface area (Å²) in [6.45, 7) is 0. The molecule has 0 aliphatic rings. The Labute approximate surface area is 140 Å². The average Bonchev–Trinajstić information content (AvgIpc) is 2.62. The van der Waals surface area contributed by atoms with Gasteiger partial charge in [0.2, 0.25) is 0 Å². The van der Waals surface area contributed by atoms with Gasteiger partial charge in [-0.1, -0.05) is 48.5 Å². The van der Waals surface area contributed by atoms with Crippen molar-refractivity contribution in [2.24, 2.45) is 0 Å². The van der Waals surface area contributed by atoms with E-state index in [1.165, 1.54) is 12.1 Å². The zero-order valence-corrected chi connectivity index (χ0v) is 12.9. The fourth-order valence-corrected chi connectivity index (χ4v) is 2.22. The predicted molar refractivity (Wildman–Crippen MR) is 94.4 cm³/mol. The predicted octanol–water partition coefficient (Wildman–Crippen LogP) is 5.08. The number of hydrogen-bond acceptors (Lipinski definition) is 3. The molecule has 0 fully saturated rings. The number of hydrogen-bond donors (Lipinski definition) is 1. The maximum absolute atomic E-state index is 12.1. The highest BCUT2D eigenvalue weighted by Gasteiger charge is 2.06. The van der Waals surface area contributed by atoms with E-state index in [4.69, 9.17) is 4.74 Å². The molecular formula is C21H16O3. The van der Waals surface area contributed by atoms with E-state index in [0.29, 0.717) is 0 Å². The molecule has 0 bridgehead atoms. The molecule has 24 heavy (non-hydrogen) atoms. The van der Waals surface area contributed by atoms with Crippen LogP contribution in [0.4, 0.5) is 0 Å². The van der Waals surface area contributed by atoms with Crippen LogP contribution in [0.5, 0.6) is 17.2 Å². The highest BCUT2D eigenvalue weighted by Crippen LogP contribution is 2.22. The first kappa shape index (κ1) is 15.6. The van der Waals surface area contributed by atoms with Gasteiger partial charge in [0.25, 0.3) is 0 Å². The van der Waals surface area contributed by atoms with Crippen molar-refractivity contribution in [1.82, 2.24) is 0 Å². The monoisotopic (exact) mass is 316 g/mol. The van der Waals surface area contributed by atoms with Gasteiger partial charge < -0.3 is 9.84 Å². The second-order valence-corrected chi connectivity index (χ2v) is 5.20. The lowest BCUT2D eigenvalue weighted by Gasteiger charge is -2.05. The van der Waals surface area contributed by atoms with E-state index in [-0.39, 0.29) is 17.1 Å². The first-order chi connectivity index (χ1) is 11.7. The molecule has 0 aliphatic carbocycles. The minimum atomic E-state index is -0.238. The largest absolute Gasteiger partial charge is 0.507 e. The minimum Gasteiger partial charge on any atom is -0.507 e. The van der Waals surface area contributed by atoms with Gasteiger partial charge in [0.1, 0.15) is 17.2 Å². The summed E-state index contributed by atoms with van der Waals surface area (Å²) >= 11 is 0. The Morgan fingerprint density at radius 2 is 1.42 bits per heavy atom. The Hall–Kier alpha value is -3.33. The molecule has 0 aliphatic heterocycles. The molecule has 3 aromatic carbocycles. The first-order valence-corrected chi connectivity index (χ1v) is 7.56. The van der Waals surface area contributed by atoms with Crippen LogP contribution in [0.2, 0.25) is 0 Å². The Morgan fingerprint density at radius 1 is 0.792 bits per heavy atom. The zero-order valence-electron chi connectivity index (χ0n) is 12.9. The number of allylic oxidation sites excluding steroid dienone is 1. The van der Waals surface area contributed by atoms with E-state index >= 15 is 0 Å². The van der Waals surface area contributed by atoms with E-state index in [9.17, 15) is 9.90 Å². The molecule has 0 atom stereocenters. The molecule has 3 nitrogen and oxygen atoms in total. The van der Waals surface area contributed by atoms with Crippen molar-refractivity contribution in [1.29, 1.82) is 0 Å². The van der Waals surface area contributed by atoms with Crippen molar-refractivity contribution < 1.29 is 14.6 Å². The number of aromatic hydroxyl groups is 1. The molecule has 0 spiro atoms. The van der Waals surface area contributed by atoms with E-state index in [1.807, 2.05) is 54.6 Å². The Kier molecular flexibility index (Phi) is 4.73. The smallest absolute Gasteiger partial charge is 0.189 e. The second-order valence-electron chi connectivity index (χ2n) is 5.20. The number of ketones is 1. The lowest BCUT2D eigenvalue weighted by atomic mass is 10.1. The number of rotatable bonds is 5. The standard InChI is InChI=1S/C21H16O3/c22-20-9-5-4-8-19(20)21(23)15-12-16-10-13-18(14-11-16)24-17-6-2-1-3-7-17/h1-15,22H/b15-12+. The van der Waals surface area contributed by atoms with Gasteiger partial charge >= 0.3 is 0 Å². The van der Waals surface area contributed by atoms with Crippen molar-refractivity contribution in [2.45, 2.75) is 0 Å². The third-order valence-corrected chi connectivity index (χ3v) is 3.46. The van der Waals surface area contributed by atoms with Gasteiger partial charge in [0.15, 0.2) is 5.78 Å². The summed E-state index contributed by atoms with van der Waals surface area (Å²) in [6.07, 6.45) is 3.16. The van der Waals surface area contributed by atoms with Crippen molar-refractivity contribution in [3.05, 3.63) is 96.1 Å². The fraction of sp³-hybridized carbons (Fsp3) is 0. The Balaban J connectivity index is 1.68. The van der Waals surface area contributed by atoms with Gasteiger partial charge in [-0.3, -0.25) is 4.79 Å². The summed E-state index contributed by atoms with van der Waals surface area (Å²) in [5.41, 5.74) is 1.16. The van der Waals surface area contributed by atoms with Crippen molar-refractivity contribution >= 4 is 11.9 Å². The van der Waals surface area contributed by atoms with E-state index in [1.54, 1.807) is 24.3 Å². The number of para-hydroxylation sites is 2. The Morgan fingerprint density at radius 3 is 2.12 bits per heavy atom. The highest BCUT2D eigenvalue weighted by molar-refractivity contribution is 6.08. The van der Waals surface area contributed by atoms with Gasteiger partial charge in [-0.2, -0.15) is 0 Å². The molecule has 0 saturated carbocycles. The van der Waals surface area contributed by atoms with Crippen molar-refractivity contribution in [3.63, 3.8) is 0 Å². The number of carbonyl (C=O) groups excluding carboxylic acids is 1. The normalized spacial score (nSPS) is 10.7. The Bertz CT molecular complexity index is 850. The van der Waals surface area contributed by atoms with E-state index < -0.39 is 0 Å². The molecule has 3 heteroatoms. The van der Waals surface area contributed by atoms with Crippen LogP contribution in [0.25, 0.3) is 6.08 Å². The summed E-state index contributed by atoms with van der Waals surface area (Å²) in [4.78, 5) is 12.1. The maximum atomic E-state index is 12.1. The van der Waals surface area contributed by atoms with Gasteiger partial charge in [-0.25, -0.2) is 0 Å². The highest BCUT2D eigenvalue weighted by atomic mass is 16.5. The lowest BCUT2D eigenvalue weighted by molar-refractivity contribution is 0.104. The van der Waals surface area contributed by atoms with Gasteiger partial charge in [-0.05, 0) is 48.0 Å². The van der Waals surface area contributed by atoms with Crippen LogP contribution < -0.4 is 4.74 Å². The van der Waals surface area contributed by atoms with Gasteiger partial charge in [0, 0.05) is 0 Å². The van der Waals surface area contributed by atoms with E-state index in [2.05, 4.69) is 0 Å². The molecule has 0 amide bonds. The third-order valence-electron chi connectivity index (χ3n) is 3.46. The summed E-state index contributed by atoms with van der Waals surface area (Å²) in [6, 6.07) is 23.5. The van der Waals surface area contributed by atoms with Crippen LogP contribution in [0.1, 0.15) is 15.9 Å². The quantitative estimate of drug-likeness (QED) is 0.527. The van der Waals surface area contributed by atoms with Crippen molar-refractivity contribution in [2.75, 3.05) is 0 Å². The van der Waals surface area contributed by atoms with Crippen LogP contribution in [0.15, 0.2) is 84.9 Å². The zero-order chi connectivity index (χ0) is 16.8. The van der Waals surface area contributed by atoms with Gasteiger partial charge in [-0.15, -0.1) is 0 Å². The summed E-state index contributed by atoms with van der Waals surface area (Å²) in [5.74, 6) is 1.25. The molecule has 0 aromatic heterocycles. The molecule has 3 rings (SSSR count). The first-order valence-electron chi connectivity index (χ1n) is 7.56. The molecule has 0 saturated heterocycles. The third kappa shape index (κ3) is 3.90. The lowest BCUT2D eigenvalue weighted by Crippen LogP contribution is -1.94. The molecule has 1 N–H and O–H groups in total. The summed E-state index contributed by atoms with van der Waals surface area (Å²) in [7, 11) is 0. The number of phenols is 1. The SMILES string of the molecule is O=C(/C=C/c1ccc(Oc2ccccc2)cc1)c1ccccc1O. The van der Waals surface area contributed by atoms with Crippen LogP contribution in [0, 0.1) is 0 Å². The summed E-state index contributed by atoms with van der Waals surface area (Å²) < 4.78 is 5.72. The molecule has 0 heterocycles. The topological polar surface area (TPSA) is 46.5 Å².